The Morgan fingerprint density at radius 3 is 3.00 bits per heavy atom. The Labute approximate surface area is 84.6 Å². The van der Waals surface area contributed by atoms with E-state index in [2.05, 4.69) is 22.1 Å². The van der Waals surface area contributed by atoms with Crippen LogP contribution in [0.3, 0.4) is 0 Å². The molecule has 0 aliphatic carbocycles. The number of halogens is 1. The Balaban J connectivity index is 2.44. The fourth-order valence-corrected chi connectivity index (χ4v) is 1.41. The molecule has 0 aliphatic heterocycles. The van der Waals surface area contributed by atoms with E-state index in [-0.39, 0.29) is 15.4 Å². The summed E-state index contributed by atoms with van der Waals surface area (Å²) < 4.78 is 0.272. The fourth-order valence-electron chi connectivity index (χ4n) is 0.660. The normalized spacial score (nSPS) is 9.62. The lowest BCUT2D eigenvalue weighted by atomic mass is 10.4. The maximum Gasteiger partial charge on any atom is 0.282 e. The van der Waals surface area contributed by atoms with Gasteiger partial charge in [-0.1, -0.05) is 17.4 Å². The standard InChI is InChI=1S/C7H8ClN3OS/c1-2-3-4-9-5(12)6-10-11-7(8)13-6/h2H,1,3-4H2,(H,9,12). The monoisotopic (exact) mass is 217 g/mol. The summed E-state index contributed by atoms with van der Waals surface area (Å²) in [5, 5.41) is 10.1. The van der Waals surface area contributed by atoms with Crippen molar-refractivity contribution in [3.05, 3.63) is 22.1 Å². The van der Waals surface area contributed by atoms with E-state index in [0.717, 1.165) is 17.8 Å². The minimum Gasteiger partial charge on any atom is -0.350 e. The second-order valence-electron chi connectivity index (χ2n) is 2.19. The van der Waals surface area contributed by atoms with Gasteiger partial charge in [-0.05, 0) is 18.0 Å². The molecule has 0 spiro atoms. The summed E-state index contributed by atoms with van der Waals surface area (Å²) in [7, 11) is 0. The highest BCUT2D eigenvalue weighted by Gasteiger charge is 2.10. The fraction of sp³-hybridized carbons (Fsp3) is 0.286. The summed E-state index contributed by atoms with van der Waals surface area (Å²) in [5.74, 6) is -0.244. The third kappa shape index (κ3) is 3.12. The van der Waals surface area contributed by atoms with Crippen LogP contribution < -0.4 is 5.32 Å². The number of nitrogens with one attached hydrogen (secondary N) is 1. The van der Waals surface area contributed by atoms with Crippen molar-refractivity contribution in [2.45, 2.75) is 6.42 Å². The summed E-state index contributed by atoms with van der Waals surface area (Å²) in [6, 6.07) is 0. The zero-order valence-corrected chi connectivity index (χ0v) is 8.36. The van der Waals surface area contributed by atoms with Gasteiger partial charge in [0.25, 0.3) is 5.91 Å². The van der Waals surface area contributed by atoms with Gasteiger partial charge in [-0.3, -0.25) is 4.79 Å². The van der Waals surface area contributed by atoms with Crippen LogP contribution in [0, 0.1) is 0 Å². The highest BCUT2D eigenvalue weighted by molar-refractivity contribution is 7.17. The average molecular weight is 218 g/mol. The summed E-state index contributed by atoms with van der Waals surface area (Å²) >= 11 is 6.57. The number of hydrogen-bond donors (Lipinski definition) is 1. The van der Waals surface area contributed by atoms with E-state index >= 15 is 0 Å². The first kappa shape index (κ1) is 10.1. The molecule has 0 radical (unpaired) electrons. The van der Waals surface area contributed by atoms with Crippen LogP contribution in [0.5, 0.6) is 0 Å². The number of nitrogens with zero attached hydrogens (tertiary/aromatic N) is 2. The summed E-state index contributed by atoms with van der Waals surface area (Å²) in [5.41, 5.74) is 0. The minimum absolute atomic E-state index is 0.244. The second-order valence-corrected chi connectivity index (χ2v) is 3.75. The van der Waals surface area contributed by atoms with Crippen LogP contribution in [0.2, 0.25) is 4.47 Å². The molecule has 1 N–H and O–H groups in total. The molecule has 0 fully saturated rings. The van der Waals surface area contributed by atoms with Crippen molar-refractivity contribution in [3.63, 3.8) is 0 Å². The Bertz CT molecular complexity index is 312. The van der Waals surface area contributed by atoms with E-state index in [0.29, 0.717) is 6.54 Å². The molecule has 1 amide bonds. The highest BCUT2D eigenvalue weighted by atomic mass is 35.5. The third-order valence-corrected chi connectivity index (χ3v) is 2.25. The van der Waals surface area contributed by atoms with Crippen molar-refractivity contribution < 1.29 is 4.79 Å². The topological polar surface area (TPSA) is 54.9 Å². The molecular weight excluding hydrogens is 210 g/mol. The lowest BCUT2D eigenvalue weighted by Gasteiger charge is -1.97. The molecule has 1 aromatic heterocycles. The van der Waals surface area contributed by atoms with Crippen LogP contribution in [0.4, 0.5) is 0 Å². The largest absolute Gasteiger partial charge is 0.350 e. The molecule has 0 atom stereocenters. The van der Waals surface area contributed by atoms with Crippen molar-refractivity contribution in [1.29, 1.82) is 0 Å². The molecule has 1 rings (SSSR count). The van der Waals surface area contributed by atoms with Crippen LogP contribution >= 0.6 is 22.9 Å². The molecule has 0 unspecified atom stereocenters. The van der Waals surface area contributed by atoms with Gasteiger partial charge in [0, 0.05) is 6.54 Å². The summed E-state index contributed by atoms with van der Waals surface area (Å²) in [6.45, 7) is 4.09. The zero-order valence-electron chi connectivity index (χ0n) is 6.79. The van der Waals surface area contributed by atoms with Crippen molar-refractivity contribution >= 4 is 28.8 Å². The van der Waals surface area contributed by atoms with Gasteiger partial charge in [-0.25, -0.2) is 0 Å². The third-order valence-electron chi connectivity index (χ3n) is 1.23. The van der Waals surface area contributed by atoms with E-state index in [1.165, 1.54) is 0 Å². The molecule has 1 heterocycles. The second kappa shape index (κ2) is 4.94. The Morgan fingerprint density at radius 1 is 1.69 bits per heavy atom. The van der Waals surface area contributed by atoms with Crippen molar-refractivity contribution in [2.24, 2.45) is 0 Å². The first-order valence-electron chi connectivity index (χ1n) is 3.62. The molecule has 0 saturated carbocycles. The van der Waals surface area contributed by atoms with Crippen LogP contribution in [0.1, 0.15) is 16.2 Å². The summed E-state index contributed by atoms with van der Waals surface area (Å²) in [4.78, 5) is 11.2. The van der Waals surface area contributed by atoms with Crippen LogP contribution in [-0.4, -0.2) is 22.6 Å². The smallest absolute Gasteiger partial charge is 0.282 e. The molecule has 0 bridgehead atoms. The Morgan fingerprint density at radius 2 is 2.46 bits per heavy atom. The van der Waals surface area contributed by atoms with E-state index in [4.69, 9.17) is 11.6 Å². The number of carbonyl (C=O) groups excluding carboxylic acids is 1. The number of carbonyl (C=O) groups is 1. The number of aromatic nitrogens is 2. The Hall–Kier alpha value is -0.940. The zero-order chi connectivity index (χ0) is 9.68. The van der Waals surface area contributed by atoms with E-state index in [1.54, 1.807) is 6.08 Å². The molecular formula is C7H8ClN3OS. The van der Waals surface area contributed by atoms with Crippen LogP contribution in [0.15, 0.2) is 12.7 Å². The molecule has 4 nitrogen and oxygen atoms in total. The number of hydrogen-bond acceptors (Lipinski definition) is 4. The molecule has 0 aromatic carbocycles. The van der Waals surface area contributed by atoms with Gasteiger partial charge in [0.1, 0.15) is 0 Å². The van der Waals surface area contributed by atoms with Gasteiger partial charge in [-0.2, -0.15) is 0 Å². The molecule has 1 aromatic rings. The lowest BCUT2D eigenvalue weighted by Crippen LogP contribution is -2.23. The Kier molecular flexibility index (Phi) is 3.85. The SMILES string of the molecule is C=CCCNC(=O)c1nnc(Cl)s1. The molecule has 0 aliphatic rings. The van der Waals surface area contributed by atoms with Gasteiger partial charge >= 0.3 is 0 Å². The maximum atomic E-state index is 11.2. The minimum atomic E-state index is -0.244. The summed E-state index contributed by atoms with van der Waals surface area (Å²) in [6.07, 6.45) is 2.46. The van der Waals surface area contributed by atoms with Crippen molar-refractivity contribution in [3.8, 4) is 0 Å². The van der Waals surface area contributed by atoms with Crippen molar-refractivity contribution in [1.82, 2.24) is 15.5 Å². The first-order chi connectivity index (χ1) is 6.24. The molecule has 13 heavy (non-hydrogen) atoms. The van der Waals surface area contributed by atoms with Crippen LogP contribution in [0.25, 0.3) is 0 Å². The molecule has 0 saturated heterocycles. The predicted molar refractivity (Wildman–Crippen MR) is 52.1 cm³/mol. The quantitative estimate of drug-likeness (QED) is 0.614. The average Bonchev–Trinajstić information content (AvgIpc) is 2.52. The van der Waals surface area contributed by atoms with Gasteiger partial charge in [0.05, 0.1) is 0 Å². The first-order valence-corrected chi connectivity index (χ1v) is 4.81. The van der Waals surface area contributed by atoms with E-state index in [9.17, 15) is 4.79 Å². The van der Waals surface area contributed by atoms with Crippen molar-refractivity contribution in [2.75, 3.05) is 6.54 Å². The number of rotatable bonds is 4. The van der Waals surface area contributed by atoms with Gasteiger partial charge < -0.3 is 5.32 Å². The van der Waals surface area contributed by atoms with Gasteiger partial charge in [-0.15, -0.1) is 16.8 Å². The maximum absolute atomic E-state index is 11.2. The predicted octanol–water partition coefficient (Wildman–Crippen LogP) is 1.50. The van der Waals surface area contributed by atoms with Crippen LogP contribution in [-0.2, 0) is 0 Å². The molecule has 70 valence electrons. The number of amides is 1. The lowest BCUT2D eigenvalue weighted by molar-refractivity contribution is 0.0953. The highest BCUT2D eigenvalue weighted by Crippen LogP contribution is 2.14. The van der Waals surface area contributed by atoms with E-state index in [1.807, 2.05) is 0 Å². The van der Waals surface area contributed by atoms with Gasteiger partial charge in [0.15, 0.2) is 0 Å². The van der Waals surface area contributed by atoms with E-state index < -0.39 is 0 Å². The van der Waals surface area contributed by atoms with Gasteiger partial charge in [0.2, 0.25) is 9.47 Å². The molecule has 6 heteroatoms.